The second-order valence-electron chi connectivity index (χ2n) is 4.83. The van der Waals surface area contributed by atoms with Gasteiger partial charge in [-0.25, -0.2) is 0 Å². The molecule has 0 fully saturated rings. The molecule has 104 valence electrons. The number of nitrogens with two attached hydrogens (primary N) is 1. The van der Waals surface area contributed by atoms with Crippen LogP contribution in [0, 0.1) is 0 Å². The van der Waals surface area contributed by atoms with Gasteiger partial charge in [0.15, 0.2) is 6.10 Å². The first-order valence-corrected chi connectivity index (χ1v) is 6.51. The number of hydrogen-bond acceptors (Lipinski definition) is 4. The van der Waals surface area contributed by atoms with Crippen molar-refractivity contribution in [3.63, 3.8) is 0 Å². The zero-order valence-electron chi connectivity index (χ0n) is 11.3. The number of aliphatic hydroxyl groups excluding tert-OH is 1. The first-order chi connectivity index (χ1) is 9.04. The van der Waals surface area contributed by atoms with E-state index in [-0.39, 0.29) is 5.91 Å². The predicted octanol–water partition coefficient (Wildman–Crippen LogP) is 1.20. The summed E-state index contributed by atoms with van der Waals surface area (Å²) in [6, 6.07) is 5.44. The van der Waals surface area contributed by atoms with E-state index in [4.69, 9.17) is 10.5 Å². The number of likely N-dealkylation sites (N-methyl/N-ethyl adjacent to an activating group) is 1. The van der Waals surface area contributed by atoms with Crippen LogP contribution in [0.4, 0.5) is 5.69 Å². The number of hydrogen-bond donors (Lipinski definition) is 2. The lowest BCUT2D eigenvalue weighted by Crippen LogP contribution is -2.42. The maximum absolute atomic E-state index is 11.9. The molecular weight excluding hydrogens is 244 g/mol. The second-order valence-corrected chi connectivity index (χ2v) is 4.83. The fraction of sp³-hybridized carbons (Fsp3) is 0.500. The molecule has 0 aromatic heterocycles. The molecule has 0 saturated carbocycles. The number of carbonyl (C=O) groups is 1. The van der Waals surface area contributed by atoms with E-state index in [0.29, 0.717) is 24.4 Å². The molecule has 5 heteroatoms. The molecule has 2 unspecified atom stereocenters. The Morgan fingerprint density at radius 3 is 2.95 bits per heavy atom. The van der Waals surface area contributed by atoms with E-state index in [1.807, 2.05) is 6.07 Å². The molecule has 2 atom stereocenters. The van der Waals surface area contributed by atoms with Gasteiger partial charge in [0.1, 0.15) is 5.75 Å². The summed E-state index contributed by atoms with van der Waals surface area (Å²) in [6.45, 7) is 2.28. The van der Waals surface area contributed by atoms with Gasteiger partial charge in [-0.1, -0.05) is 6.07 Å². The molecule has 1 aliphatic rings. The van der Waals surface area contributed by atoms with Crippen LogP contribution >= 0.6 is 0 Å². The van der Waals surface area contributed by atoms with Crippen LogP contribution < -0.4 is 15.4 Å². The number of aliphatic hydroxyl groups is 1. The van der Waals surface area contributed by atoms with Gasteiger partial charge in [-0.2, -0.15) is 0 Å². The number of rotatable bonds is 4. The standard InChI is InChI=1S/C14H20N2O3/c1-9-14(18)16(2)11-8-10(5-6-13(11)19-9)12(17)4-3-7-15/h5-6,8-9,12,17H,3-4,7,15H2,1-2H3. The molecule has 2 rings (SSSR count). The van der Waals surface area contributed by atoms with Gasteiger partial charge in [0.05, 0.1) is 11.8 Å². The van der Waals surface area contributed by atoms with E-state index < -0.39 is 12.2 Å². The van der Waals surface area contributed by atoms with Gasteiger partial charge in [0, 0.05) is 7.05 Å². The first-order valence-electron chi connectivity index (χ1n) is 6.51. The molecule has 5 nitrogen and oxygen atoms in total. The van der Waals surface area contributed by atoms with Gasteiger partial charge in [0.25, 0.3) is 5.91 Å². The van der Waals surface area contributed by atoms with E-state index in [1.165, 1.54) is 0 Å². The highest BCUT2D eigenvalue weighted by Gasteiger charge is 2.29. The predicted molar refractivity (Wildman–Crippen MR) is 73.2 cm³/mol. The van der Waals surface area contributed by atoms with E-state index in [9.17, 15) is 9.90 Å². The van der Waals surface area contributed by atoms with Crippen molar-refractivity contribution >= 4 is 11.6 Å². The zero-order valence-corrected chi connectivity index (χ0v) is 11.3. The van der Waals surface area contributed by atoms with Crippen LogP contribution in [-0.2, 0) is 4.79 Å². The Morgan fingerprint density at radius 1 is 1.53 bits per heavy atom. The minimum absolute atomic E-state index is 0.0823. The maximum atomic E-state index is 11.9. The van der Waals surface area contributed by atoms with Crippen LogP contribution in [0.5, 0.6) is 5.75 Å². The molecule has 0 saturated heterocycles. The Morgan fingerprint density at radius 2 is 2.26 bits per heavy atom. The summed E-state index contributed by atoms with van der Waals surface area (Å²) in [4.78, 5) is 13.4. The van der Waals surface area contributed by atoms with Crippen molar-refractivity contribution in [2.75, 3.05) is 18.5 Å². The van der Waals surface area contributed by atoms with Crippen LogP contribution in [0.1, 0.15) is 31.4 Å². The fourth-order valence-corrected chi connectivity index (χ4v) is 2.21. The Kier molecular flexibility index (Phi) is 4.07. The number of anilines is 1. The van der Waals surface area contributed by atoms with Crippen molar-refractivity contribution in [3.8, 4) is 5.75 Å². The van der Waals surface area contributed by atoms with Crippen molar-refractivity contribution in [2.24, 2.45) is 5.73 Å². The van der Waals surface area contributed by atoms with Crippen LogP contribution in [0.25, 0.3) is 0 Å². The van der Waals surface area contributed by atoms with Gasteiger partial charge in [-0.3, -0.25) is 4.79 Å². The summed E-state index contributed by atoms with van der Waals surface area (Å²) in [5, 5.41) is 10.1. The number of benzene rings is 1. The van der Waals surface area contributed by atoms with E-state index in [1.54, 1.807) is 31.0 Å². The largest absolute Gasteiger partial charge is 0.479 e. The van der Waals surface area contributed by atoms with Crippen LogP contribution in [-0.4, -0.2) is 30.7 Å². The molecule has 3 N–H and O–H groups in total. The van der Waals surface area contributed by atoms with E-state index in [2.05, 4.69) is 0 Å². The molecule has 1 aliphatic heterocycles. The lowest BCUT2D eigenvalue weighted by molar-refractivity contribution is -0.125. The highest BCUT2D eigenvalue weighted by atomic mass is 16.5. The summed E-state index contributed by atoms with van der Waals surface area (Å²) in [7, 11) is 1.72. The molecule has 1 heterocycles. The van der Waals surface area contributed by atoms with E-state index >= 15 is 0 Å². The van der Waals surface area contributed by atoms with Crippen LogP contribution in [0.3, 0.4) is 0 Å². The molecule has 19 heavy (non-hydrogen) atoms. The second kappa shape index (κ2) is 5.59. The Labute approximate surface area is 113 Å². The van der Waals surface area contributed by atoms with Gasteiger partial charge in [-0.05, 0) is 44.0 Å². The highest BCUT2D eigenvalue weighted by molar-refractivity contribution is 5.99. The van der Waals surface area contributed by atoms with Crippen molar-refractivity contribution in [1.82, 2.24) is 0 Å². The number of fused-ring (bicyclic) bond motifs is 1. The lowest BCUT2D eigenvalue weighted by atomic mass is 10.0. The maximum Gasteiger partial charge on any atom is 0.267 e. The normalized spacial score (nSPS) is 19.9. The first kappa shape index (κ1) is 13.8. The Balaban J connectivity index is 2.26. The molecule has 1 aromatic carbocycles. The van der Waals surface area contributed by atoms with Crippen LogP contribution in [0.2, 0.25) is 0 Å². The van der Waals surface area contributed by atoms with E-state index in [0.717, 1.165) is 12.0 Å². The molecule has 1 aromatic rings. The van der Waals surface area contributed by atoms with Crippen molar-refractivity contribution in [3.05, 3.63) is 23.8 Å². The molecule has 0 radical (unpaired) electrons. The molecule has 0 spiro atoms. The number of nitrogens with zero attached hydrogens (tertiary/aromatic N) is 1. The quantitative estimate of drug-likeness (QED) is 0.857. The van der Waals surface area contributed by atoms with Crippen LogP contribution in [0.15, 0.2) is 18.2 Å². The summed E-state index contributed by atoms with van der Waals surface area (Å²) in [5.41, 5.74) is 6.92. The minimum Gasteiger partial charge on any atom is -0.479 e. The van der Waals surface area contributed by atoms with Gasteiger partial charge in [0.2, 0.25) is 0 Å². The smallest absolute Gasteiger partial charge is 0.267 e. The molecular formula is C14H20N2O3. The third-order valence-electron chi connectivity index (χ3n) is 3.39. The van der Waals surface area contributed by atoms with Gasteiger partial charge in [-0.15, -0.1) is 0 Å². The average Bonchev–Trinajstić information content (AvgIpc) is 2.42. The third-order valence-corrected chi connectivity index (χ3v) is 3.39. The Bertz CT molecular complexity index is 476. The highest BCUT2D eigenvalue weighted by Crippen LogP contribution is 2.35. The van der Waals surface area contributed by atoms with Crippen molar-refractivity contribution in [1.29, 1.82) is 0 Å². The molecule has 0 aliphatic carbocycles. The summed E-state index contributed by atoms with van der Waals surface area (Å²) < 4.78 is 5.54. The van der Waals surface area contributed by atoms with Gasteiger partial charge >= 0.3 is 0 Å². The summed E-state index contributed by atoms with van der Waals surface area (Å²) >= 11 is 0. The average molecular weight is 264 g/mol. The topological polar surface area (TPSA) is 75.8 Å². The number of amides is 1. The molecule has 0 bridgehead atoms. The minimum atomic E-state index is -0.559. The number of carbonyl (C=O) groups excluding carboxylic acids is 1. The lowest BCUT2D eigenvalue weighted by Gasteiger charge is -2.31. The van der Waals surface area contributed by atoms with Crippen molar-refractivity contribution in [2.45, 2.75) is 32.0 Å². The third kappa shape index (κ3) is 2.72. The monoisotopic (exact) mass is 264 g/mol. The zero-order chi connectivity index (χ0) is 14.0. The Hall–Kier alpha value is -1.59. The molecule has 1 amide bonds. The fourth-order valence-electron chi connectivity index (χ4n) is 2.21. The van der Waals surface area contributed by atoms with Gasteiger partial charge < -0.3 is 20.5 Å². The summed E-state index contributed by atoms with van der Waals surface area (Å²) in [5.74, 6) is 0.588. The number of ether oxygens (including phenoxy) is 1. The SMILES string of the molecule is CC1Oc2ccc(C(O)CCCN)cc2N(C)C1=O. The van der Waals surface area contributed by atoms with Crippen molar-refractivity contribution < 1.29 is 14.6 Å². The summed E-state index contributed by atoms with van der Waals surface area (Å²) in [6.07, 6.45) is 0.354.